The molecule has 0 amide bonds. The molecule has 4 rings (SSSR count). The van der Waals surface area contributed by atoms with E-state index in [2.05, 4.69) is 20.3 Å². The zero-order valence-electron chi connectivity index (χ0n) is 17.6. The van der Waals surface area contributed by atoms with Gasteiger partial charge in [0.05, 0.1) is 16.6 Å². The van der Waals surface area contributed by atoms with Crippen LogP contribution in [0.15, 0.2) is 47.4 Å². The average Bonchev–Trinajstić information content (AvgIpc) is 3.20. The molecule has 0 spiro atoms. The molecule has 1 N–H and O–H groups in total. The number of aromatic nitrogens is 3. The Morgan fingerprint density at radius 1 is 1.03 bits per heavy atom. The van der Waals surface area contributed by atoms with Gasteiger partial charge in [-0.05, 0) is 69.5 Å². The number of sulfonamides is 1. The van der Waals surface area contributed by atoms with Crippen LogP contribution in [0.4, 0.5) is 16.2 Å². The van der Waals surface area contributed by atoms with Crippen molar-refractivity contribution in [1.82, 2.24) is 19.3 Å². The Hall–Kier alpha value is -2.91. The van der Waals surface area contributed by atoms with Crippen LogP contribution in [0.3, 0.4) is 0 Å². The predicted molar refractivity (Wildman–Crippen MR) is 116 cm³/mol. The van der Waals surface area contributed by atoms with Crippen LogP contribution in [-0.4, -0.2) is 34.2 Å². The van der Waals surface area contributed by atoms with Crippen LogP contribution >= 0.6 is 0 Å². The van der Waals surface area contributed by atoms with Crippen LogP contribution in [0, 0.1) is 26.6 Å². The second-order valence-electron chi connectivity index (χ2n) is 7.73. The number of halogens is 1. The van der Waals surface area contributed by atoms with Crippen molar-refractivity contribution < 1.29 is 12.8 Å². The zero-order chi connectivity index (χ0) is 22.2. The summed E-state index contributed by atoms with van der Waals surface area (Å²) < 4.78 is 41.9. The fraction of sp³-hybridized carbons (Fsp3) is 0.318. The summed E-state index contributed by atoms with van der Waals surface area (Å²) in [6.45, 7) is 5.74. The summed E-state index contributed by atoms with van der Waals surface area (Å²) in [7, 11) is -3.85. The van der Waals surface area contributed by atoms with Gasteiger partial charge >= 0.3 is 0 Å². The number of nitrogens with zero attached hydrogens (tertiary/aromatic N) is 4. The first-order valence-corrected chi connectivity index (χ1v) is 11.5. The molecule has 1 aliphatic rings. The lowest BCUT2D eigenvalue weighted by Gasteiger charge is -2.24. The molecule has 9 heteroatoms. The number of rotatable bonds is 5. The second kappa shape index (κ2) is 8.32. The van der Waals surface area contributed by atoms with Gasteiger partial charge < -0.3 is 5.32 Å². The molecular weight excluding hydrogens is 417 g/mol. The molecule has 1 saturated heterocycles. The molecule has 7 nitrogen and oxygen atoms in total. The van der Waals surface area contributed by atoms with Crippen molar-refractivity contribution in [3.8, 4) is 0 Å². The van der Waals surface area contributed by atoms with E-state index in [1.54, 1.807) is 13.0 Å². The standard InChI is InChI=1S/C22H24FN5O2S/c1-14-9-10-17(13-18(14)23)31(29,30)28-11-5-7-20(28)19-6-4-8-21(26-19)27-22-24-15(2)12-16(3)25-22/h4,6,8-10,12-13,20H,5,7,11H2,1-3H3,(H,24,25,26,27)/t20-/m0/s1. The predicted octanol–water partition coefficient (Wildman–Crippen LogP) is 4.21. The van der Waals surface area contributed by atoms with Gasteiger partial charge in [0.2, 0.25) is 16.0 Å². The molecular formula is C22H24FN5O2S. The molecule has 1 aliphatic heterocycles. The molecule has 0 saturated carbocycles. The van der Waals surface area contributed by atoms with E-state index in [1.165, 1.54) is 16.4 Å². The quantitative estimate of drug-likeness (QED) is 0.638. The number of nitrogens with one attached hydrogen (secondary N) is 1. The highest BCUT2D eigenvalue weighted by Crippen LogP contribution is 2.36. The van der Waals surface area contributed by atoms with Crippen LogP contribution in [0.1, 0.15) is 41.5 Å². The monoisotopic (exact) mass is 441 g/mol. The van der Waals surface area contributed by atoms with E-state index in [-0.39, 0.29) is 4.90 Å². The van der Waals surface area contributed by atoms with Gasteiger partial charge in [-0.2, -0.15) is 4.31 Å². The van der Waals surface area contributed by atoms with E-state index in [4.69, 9.17) is 0 Å². The largest absolute Gasteiger partial charge is 0.309 e. The minimum Gasteiger partial charge on any atom is -0.309 e. The third-order valence-corrected chi connectivity index (χ3v) is 7.19. The van der Waals surface area contributed by atoms with E-state index in [0.717, 1.165) is 17.5 Å². The lowest BCUT2D eigenvalue weighted by Crippen LogP contribution is -2.31. The van der Waals surface area contributed by atoms with Gasteiger partial charge in [-0.25, -0.2) is 27.8 Å². The number of hydrogen-bond acceptors (Lipinski definition) is 6. The molecule has 3 aromatic rings. The van der Waals surface area contributed by atoms with E-state index < -0.39 is 21.9 Å². The third kappa shape index (κ3) is 4.42. The van der Waals surface area contributed by atoms with Gasteiger partial charge in [0, 0.05) is 17.9 Å². The smallest absolute Gasteiger partial charge is 0.243 e. The van der Waals surface area contributed by atoms with E-state index in [0.29, 0.717) is 42.4 Å². The third-order valence-electron chi connectivity index (χ3n) is 5.29. The second-order valence-corrected chi connectivity index (χ2v) is 9.62. The van der Waals surface area contributed by atoms with Crippen LogP contribution in [0.2, 0.25) is 0 Å². The van der Waals surface area contributed by atoms with Crippen molar-refractivity contribution in [2.45, 2.75) is 44.6 Å². The fourth-order valence-corrected chi connectivity index (χ4v) is 5.48. The van der Waals surface area contributed by atoms with E-state index in [9.17, 15) is 12.8 Å². The maximum atomic E-state index is 14.0. The normalized spacial score (nSPS) is 17.1. The van der Waals surface area contributed by atoms with Crippen molar-refractivity contribution >= 4 is 21.8 Å². The molecule has 162 valence electrons. The first-order valence-electron chi connectivity index (χ1n) is 10.1. The minimum absolute atomic E-state index is 0.0413. The number of anilines is 2. The minimum atomic E-state index is -3.85. The van der Waals surface area contributed by atoms with Gasteiger partial charge in [-0.15, -0.1) is 0 Å². The maximum absolute atomic E-state index is 14.0. The van der Waals surface area contributed by atoms with Gasteiger partial charge in [0.25, 0.3) is 0 Å². The number of benzene rings is 1. The summed E-state index contributed by atoms with van der Waals surface area (Å²) in [6.07, 6.45) is 1.35. The maximum Gasteiger partial charge on any atom is 0.243 e. The van der Waals surface area contributed by atoms with Crippen molar-refractivity contribution in [3.63, 3.8) is 0 Å². The molecule has 0 bridgehead atoms. The van der Waals surface area contributed by atoms with Gasteiger partial charge in [-0.3, -0.25) is 0 Å². The van der Waals surface area contributed by atoms with E-state index in [1.807, 2.05) is 32.0 Å². The summed E-state index contributed by atoms with van der Waals surface area (Å²) in [4.78, 5) is 13.3. The van der Waals surface area contributed by atoms with E-state index >= 15 is 0 Å². The summed E-state index contributed by atoms with van der Waals surface area (Å²) >= 11 is 0. The summed E-state index contributed by atoms with van der Waals surface area (Å²) in [5, 5.41) is 3.10. The summed E-state index contributed by atoms with van der Waals surface area (Å²) in [5.41, 5.74) is 2.71. The Bertz CT molecular complexity index is 1210. The first kappa shape index (κ1) is 21.3. The van der Waals surface area contributed by atoms with Crippen molar-refractivity contribution in [3.05, 3.63) is 70.9 Å². The SMILES string of the molecule is Cc1cc(C)nc(Nc2cccc([C@@H]3CCCN3S(=O)(=O)c3ccc(C)c(F)c3)n2)n1. The van der Waals surface area contributed by atoms with Crippen molar-refractivity contribution in [1.29, 1.82) is 0 Å². The van der Waals surface area contributed by atoms with Gasteiger partial charge in [0.15, 0.2) is 0 Å². The number of pyridine rings is 1. The number of aryl methyl sites for hydroxylation is 3. The highest BCUT2D eigenvalue weighted by Gasteiger charge is 2.37. The van der Waals surface area contributed by atoms with Crippen LogP contribution in [0.5, 0.6) is 0 Å². The van der Waals surface area contributed by atoms with Crippen LogP contribution < -0.4 is 5.32 Å². The molecule has 31 heavy (non-hydrogen) atoms. The first-order chi connectivity index (χ1) is 14.7. The van der Waals surface area contributed by atoms with Gasteiger partial charge in [0.1, 0.15) is 11.6 Å². The Kier molecular flexibility index (Phi) is 5.72. The molecule has 0 aliphatic carbocycles. The van der Waals surface area contributed by atoms with Crippen molar-refractivity contribution in [2.75, 3.05) is 11.9 Å². The molecule has 0 radical (unpaired) electrons. The molecule has 0 unspecified atom stereocenters. The lowest BCUT2D eigenvalue weighted by molar-refractivity contribution is 0.390. The topological polar surface area (TPSA) is 88.1 Å². The lowest BCUT2D eigenvalue weighted by atomic mass is 10.1. The summed E-state index contributed by atoms with van der Waals surface area (Å²) in [5.74, 6) is 0.441. The zero-order valence-corrected chi connectivity index (χ0v) is 18.4. The molecule has 1 fully saturated rings. The molecule has 2 aromatic heterocycles. The Balaban J connectivity index is 1.63. The molecule has 1 atom stereocenters. The Morgan fingerprint density at radius 3 is 2.48 bits per heavy atom. The Morgan fingerprint density at radius 2 is 1.77 bits per heavy atom. The molecule has 3 heterocycles. The van der Waals surface area contributed by atoms with Crippen molar-refractivity contribution in [2.24, 2.45) is 0 Å². The highest BCUT2D eigenvalue weighted by molar-refractivity contribution is 7.89. The summed E-state index contributed by atoms with van der Waals surface area (Å²) in [6, 6.07) is 10.9. The highest BCUT2D eigenvalue weighted by atomic mass is 32.2. The number of hydrogen-bond donors (Lipinski definition) is 1. The average molecular weight is 442 g/mol. The fourth-order valence-electron chi connectivity index (χ4n) is 3.80. The molecule has 1 aromatic carbocycles. The van der Waals surface area contributed by atoms with Gasteiger partial charge in [-0.1, -0.05) is 12.1 Å². The Labute approximate surface area is 181 Å². The van der Waals surface area contributed by atoms with Crippen LogP contribution in [0.25, 0.3) is 0 Å². The van der Waals surface area contributed by atoms with Crippen LogP contribution in [-0.2, 0) is 10.0 Å².